The van der Waals surface area contributed by atoms with Crippen molar-refractivity contribution < 1.29 is 4.74 Å². The number of hydrogen-bond acceptors (Lipinski definition) is 3. The van der Waals surface area contributed by atoms with E-state index in [2.05, 4.69) is 26.2 Å². The van der Waals surface area contributed by atoms with Crippen LogP contribution in [-0.4, -0.2) is 12.6 Å². The van der Waals surface area contributed by atoms with E-state index in [1.165, 1.54) is 5.56 Å². The molecule has 1 aromatic rings. The van der Waals surface area contributed by atoms with E-state index >= 15 is 0 Å². The summed E-state index contributed by atoms with van der Waals surface area (Å²) in [5.41, 5.74) is 5.34. The van der Waals surface area contributed by atoms with Gasteiger partial charge < -0.3 is 4.74 Å². The molecule has 3 N–H and O–H groups in total. The fourth-order valence-corrected chi connectivity index (χ4v) is 2.60. The maximum absolute atomic E-state index is 6.16. The van der Waals surface area contributed by atoms with Gasteiger partial charge in [-0.3, -0.25) is 11.3 Å². The van der Waals surface area contributed by atoms with E-state index in [-0.39, 0.29) is 11.5 Å². The molecule has 0 saturated carbocycles. The van der Waals surface area contributed by atoms with Gasteiger partial charge in [0.25, 0.3) is 0 Å². The number of benzene rings is 1. The lowest BCUT2D eigenvalue weighted by molar-refractivity contribution is 0.265. The van der Waals surface area contributed by atoms with Crippen LogP contribution >= 0.6 is 11.6 Å². The van der Waals surface area contributed by atoms with Crippen molar-refractivity contribution in [3.8, 4) is 5.75 Å². The average Bonchev–Trinajstić information content (AvgIpc) is 2.71. The molecule has 0 aromatic heterocycles. The molecule has 1 unspecified atom stereocenters. The molecule has 0 amide bonds. The summed E-state index contributed by atoms with van der Waals surface area (Å²) < 4.78 is 5.72. The standard InChI is InChI=1S/C14H21ClN2O/c1-14(2,3)12(17-16)8-10-7-11(15)6-9-4-5-18-13(9)10/h6-7,12,17H,4-5,8,16H2,1-3H3. The van der Waals surface area contributed by atoms with Crippen LogP contribution in [0.5, 0.6) is 5.75 Å². The molecule has 100 valence electrons. The second kappa shape index (κ2) is 5.08. The summed E-state index contributed by atoms with van der Waals surface area (Å²) in [5, 5.41) is 0.777. The number of fused-ring (bicyclic) bond motifs is 1. The SMILES string of the molecule is CC(C)(C)C(Cc1cc(Cl)cc2c1OCC2)NN. The van der Waals surface area contributed by atoms with Crippen molar-refractivity contribution in [2.24, 2.45) is 11.3 Å². The summed E-state index contributed by atoms with van der Waals surface area (Å²) in [6.45, 7) is 7.26. The number of halogens is 1. The molecular formula is C14H21ClN2O. The smallest absolute Gasteiger partial charge is 0.125 e. The summed E-state index contributed by atoms with van der Waals surface area (Å²) in [6, 6.07) is 4.17. The van der Waals surface area contributed by atoms with Gasteiger partial charge in [-0.05, 0) is 35.1 Å². The van der Waals surface area contributed by atoms with Crippen molar-refractivity contribution in [2.45, 2.75) is 39.7 Å². The minimum absolute atomic E-state index is 0.0859. The van der Waals surface area contributed by atoms with Gasteiger partial charge in [-0.15, -0.1) is 0 Å². The molecule has 0 radical (unpaired) electrons. The maximum Gasteiger partial charge on any atom is 0.125 e. The molecule has 0 bridgehead atoms. The van der Waals surface area contributed by atoms with E-state index in [1.54, 1.807) is 0 Å². The number of hydrazine groups is 1. The van der Waals surface area contributed by atoms with Crippen molar-refractivity contribution >= 4 is 11.6 Å². The zero-order chi connectivity index (χ0) is 13.3. The van der Waals surface area contributed by atoms with Gasteiger partial charge in [-0.2, -0.15) is 0 Å². The number of nitrogens with two attached hydrogens (primary N) is 1. The van der Waals surface area contributed by atoms with Crippen LogP contribution in [0.4, 0.5) is 0 Å². The minimum Gasteiger partial charge on any atom is -0.493 e. The van der Waals surface area contributed by atoms with Crippen LogP contribution in [0.2, 0.25) is 5.02 Å². The van der Waals surface area contributed by atoms with E-state index in [9.17, 15) is 0 Å². The Morgan fingerprint density at radius 2 is 2.17 bits per heavy atom. The van der Waals surface area contributed by atoms with Crippen molar-refractivity contribution in [1.29, 1.82) is 0 Å². The Hall–Kier alpha value is -0.770. The van der Waals surface area contributed by atoms with E-state index < -0.39 is 0 Å². The Labute approximate surface area is 114 Å². The van der Waals surface area contributed by atoms with Crippen LogP contribution in [0.3, 0.4) is 0 Å². The number of nitrogens with one attached hydrogen (secondary N) is 1. The third-order valence-corrected chi connectivity index (χ3v) is 3.71. The molecule has 0 spiro atoms. The largest absolute Gasteiger partial charge is 0.493 e. The van der Waals surface area contributed by atoms with Crippen LogP contribution < -0.4 is 16.0 Å². The first-order valence-electron chi connectivity index (χ1n) is 6.32. The second-order valence-corrected chi connectivity index (χ2v) is 6.38. The summed E-state index contributed by atoms with van der Waals surface area (Å²) in [7, 11) is 0. The summed E-state index contributed by atoms with van der Waals surface area (Å²) in [5.74, 6) is 6.67. The molecule has 18 heavy (non-hydrogen) atoms. The van der Waals surface area contributed by atoms with Crippen LogP contribution in [0.15, 0.2) is 12.1 Å². The van der Waals surface area contributed by atoms with E-state index in [4.69, 9.17) is 22.2 Å². The number of hydrogen-bond donors (Lipinski definition) is 2. The van der Waals surface area contributed by atoms with Crippen LogP contribution in [0.1, 0.15) is 31.9 Å². The van der Waals surface area contributed by atoms with Crippen LogP contribution in [-0.2, 0) is 12.8 Å². The van der Waals surface area contributed by atoms with Gasteiger partial charge in [0.2, 0.25) is 0 Å². The zero-order valence-electron chi connectivity index (χ0n) is 11.2. The van der Waals surface area contributed by atoms with Crippen molar-refractivity contribution in [1.82, 2.24) is 5.43 Å². The van der Waals surface area contributed by atoms with Gasteiger partial charge >= 0.3 is 0 Å². The van der Waals surface area contributed by atoms with E-state index in [1.807, 2.05) is 12.1 Å². The Morgan fingerprint density at radius 3 is 2.78 bits per heavy atom. The zero-order valence-corrected chi connectivity index (χ0v) is 12.0. The maximum atomic E-state index is 6.16. The lowest BCUT2D eigenvalue weighted by Crippen LogP contribution is -2.45. The van der Waals surface area contributed by atoms with Gasteiger partial charge in [0, 0.05) is 17.5 Å². The highest BCUT2D eigenvalue weighted by Crippen LogP contribution is 2.35. The topological polar surface area (TPSA) is 47.3 Å². The van der Waals surface area contributed by atoms with E-state index in [0.717, 1.165) is 35.8 Å². The fraction of sp³-hybridized carbons (Fsp3) is 0.571. The molecule has 0 aliphatic carbocycles. The monoisotopic (exact) mass is 268 g/mol. The lowest BCUT2D eigenvalue weighted by Gasteiger charge is -2.30. The normalized spacial score (nSPS) is 16.3. The summed E-state index contributed by atoms with van der Waals surface area (Å²) in [6.07, 6.45) is 1.77. The predicted molar refractivity (Wildman–Crippen MR) is 74.9 cm³/mol. The average molecular weight is 269 g/mol. The molecule has 1 aliphatic heterocycles. The fourth-order valence-electron chi connectivity index (χ4n) is 2.33. The molecule has 1 aliphatic rings. The molecule has 1 heterocycles. The third kappa shape index (κ3) is 2.79. The Kier molecular flexibility index (Phi) is 3.85. The van der Waals surface area contributed by atoms with Crippen LogP contribution in [0.25, 0.3) is 0 Å². The quantitative estimate of drug-likeness (QED) is 0.655. The molecule has 1 aromatic carbocycles. The van der Waals surface area contributed by atoms with Gasteiger partial charge in [0.1, 0.15) is 5.75 Å². The van der Waals surface area contributed by atoms with E-state index in [0.29, 0.717) is 0 Å². The van der Waals surface area contributed by atoms with Crippen LogP contribution in [0, 0.1) is 5.41 Å². The van der Waals surface area contributed by atoms with Gasteiger partial charge in [-0.25, -0.2) is 0 Å². The first-order chi connectivity index (χ1) is 8.41. The Bertz CT molecular complexity index is 440. The Morgan fingerprint density at radius 1 is 1.44 bits per heavy atom. The van der Waals surface area contributed by atoms with Gasteiger partial charge in [-0.1, -0.05) is 32.4 Å². The lowest BCUT2D eigenvalue weighted by atomic mass is 9.83. The first-order valence-corrected chi connectivity index (χ1v) is 6.70. The summed E-state index contributed by atoms with van der Waals surface area (Å²) >= 11 is 6.16. The Balaban J connectivity index is 2.29. The third-order valence-electron chi connectivity index (χ3n) is 3.50. The minimum atomic E-state index is 0.0859. The molecule has 0 saturated heterocycles. The van der Waals surface area contributed by atoms with Gasteiger partial charge in [0.15, 0.2) is 0 Å². The second-order valence-electron chi connectivity index (χ2n) is 5.94. The predicted octanol–water partition coefficient (Wildman–Crippen LogP) is 2.70. The molecule has 4 heteroatoms. The highest BCUT2D eigenvalue weighted by Gasteiger charge is 2.26. The molecule has 3 nitrogen and oxygen atoms in total. The number of rotatable bonds is 3. The molecular weight excluding hydrogens is 248 g/mol. The van der Waals surface area contributed by atoms with Crippen molar-refractivity contribution in [3.05, 3.63) is 28.3 Å². The van der Waals surface area contributed by atoms with Gasteiger partial charge in [0.05, 0.1) is 6.61 Å². The van der Waals surface area contributed by atoms with Crippen molar-refractivity contribution in [2.75, 3.05) is 6.61 Å². The summed E-state index contributed by atoms with van der Waals surface area (Å²) in [4.78, 5) is 0. The molecule has 0 fully saturated rings. The molecule has 2 rings (SSSR count). The highest BCUT2D eigenvalue weighted by molar-refractivity contribution is 6.30. The number of ether oxygens (including phenoxy) is 1. The first kappa shape index (κ1) is 13.7. The molecule has 1 atom stereocenters. The van der Waals surface area contributed by atoms with Crippen molar-refractivity contribution in [3.63, 3.8) is 0 Å². The highest BCUT2D eigenvalue weighted by atomic mass is 35.5.